The minimum absolute atomic E-state index is 0.164. The van der Waals surface area contributed by atoms with E-state index < -0.39 is 5.97 Å². The topological polar surface area (TPSA) is 64.3 Å². The number of hydrogen-bond donors (Lipinski definition) is 1. The molecule has 1 rings (SSSR count). The number of rotatable bonds is 5. The standard InChI is InChI=1S/C12H13ClN2O2/c1-2-15(7-3-6-14)11-5-4-9(13)8-10(11)12(16)17/h4-5,8H,2-3,7H2,1H3,(H,16,17). The maximum Gasteiger partial charge on any atom is 0.337 e. The average molecular weight is 253 g/mol. The average Bonchev–Trinajstić information content (AvgIpc) is 2.31. The third-order valence-electron chi connectivity index (χ3n) is 2.40. The van der Waals surface area contributed by atoms with E-state index in [0.717, 1.165) is 0 Å². The number of nitrogens with zero attached hydrogens (tertiary/aromatic N) is 2. The molecule has 0 unspecified atom stereocenters. The summed E-state index contributed by atoms with van der Waals surface area (Å²) in [6.07, 6.45) is 0.357. The maximum atomic E-state index is 11.1. The molecule has 0 fully saturated rings. The van der Waals surface area contributed by atoms with Crippen molar-refractivity contribution >= 4 is 23.3 Å². The van der Waals surface area contributed by atoms with Gasteiger partial charge in [0.2, 0.25) is 0 Å². The van der Waals surface area contributed by atoms with Gasteiger partial charge in [-0.2, -0.15) is 5.26 Å². The molecule has 90 valence electrons. The number of benzene rings is 1. The van der Waals surface area contributed by atoms with Crippen LogP contribution in [-0.4, -0.2) is 24.2 Å². The van der Waals surface area contributed by atoms with Gasteiger partial charge < -0.3 is 10.0 Å². The Labute approximate surface area is 105 Å². The van der Waals surface area contributed by atoms with Gasteiger partial charge in [0.1, 0.15) is 0 Å². The monoisotopic (exact) mass is 252 g/mol. The van der Waals surface area contributed by atoms with Crippen LogP contribution in [0.3, 0.4) is 0 Å². The van der Waals surface area contributed by atoms with E-state index >= 15 is 0 Å². The molecule has 0 radical (unpaired) electrons. The van der Waals surface area contributed by atoms with Gasteiger partial charge in [-0.25, -0.2) is 4.79 Å². The lowest BCUT2D eigenvalue weighted by Gasteiger charge is -2.23. The molecule has 0 spiro atoms. The van der Waals surface area contributed by atoms with Gasteiger partial charge in [-0.3, -0.25) is 0 Å². The third kappa shape index (κ3) is 3.36. The molecule has 17 heavy (non-hydrogen) atoms. The number of carboxylic acid groups (broad SMARTS) is 1. The summed E-state index contributed by atoms with van der Waals surface area (Å²) in [5.41, 5.74) is 0.761. The van der Waals surface area contributed by atoms with Crippen LogP contribution in [0, 0.1) is 11.3 Å². The molecule has 5 heteroatoms. The molecule has 1 aromatic carbocycles. The highest BCUT2D eigenvalue weighted by Crippen LogP contribution is 2.24. The van der Waals surface area contributed by atoms with Crippen LogP contribution in [0.4, 0.5) is 5.69 Å². The molecule has 4 nitrogen and oxygen atoms in total. The fourth-order valence-corrected chi connectivity index (χ4v) is 1.76. The first kappa shape index (κ1) is 13.3. The van der Waals surface area contributed by atoms with Crippen LogP contribution >= 0.6 is 11.6 Å². The Bertz CT molecular complexity index is 454. The van der Waals surface area contributed by atoms with Crippen molar-refractivity contribution in [3.63, 3.8) is 0 Å². The zero-order valence-electron chi connectivity index (χ0n) is 9.48. The van der Waals surface area contributed by atoms with Crippen LogP contribution in [-0.2, 0) is 0 Å². The Morgan fingerprint density at radius 1 is 1.59 bits per heavy atom. The third-order valence-corrected chi connectivity index (χ3v) is 2.64. The van der Waals surface area contributed by atoms with Crippen molar-refractivity contribution < 1.29 is 9.90 Å². The van der Waals surface area contributed by atoms with E-state index in [1.54, 1.807) is 12.1 Å². The van der Waals surface area contributed by atoms with Crippen molar-refractivity contribution in [2.24, 2.45) is 0 Å². The first-order chi connectivity index (χ1) is 8.10. The van der Waals surface area contributed by atoms with E-state index in [0.29, 0.717) is 30.2 Å². The zero-order chi connectivity index (χ0) is 12.8. The molecule has 0 amide bonds. The van der Waals surface area contributed by atoms with Gasteiger partial charge >= 0.3 is 5.97 Å². The number of halogens is 1. The lowest BCUT2D eigenvalue weighted by molar-refractivity contribution is 0.0697. The molecule has 1 aromatic rings. The van der Waals surface area contributed by atoms with Crippen molar-refractivity contribution in [3.05, 3.63) is 28.8 Å². The van der Waals surface area contributed by atoms with Gasteiger partial charge in [-0.1, -0.05) is 11.6 Å². The van der Waals surface area contributed by atoms with Gasteiger partial charge in [0, 0.05) is 18.1 Å². The smallest absolute Gasteiger partial charge is 0.337 e. The van der Waals surface area contributed by atoms with Gasteiger partial charge in [0.25, 0.3) is 0 Å². The molecule has 0 atom stereocenters. The molecule has 0 aliphatic heterocycles. The Morgan fingerprint density at radius 2 is 2.29 bits per heavy atom. The summed E-state index contributed by atoms with van der Waals surface area (Å²) >= 11 is 5.78. The summed E-state index contributed by atoms with van der Waals surface area (Å²) in [6.45, 7) is 3.07. The second-order valence-electron chi connectivity index (χ2n) is 3.45. The molecule has 0 heterocycles. The molecule has 0 saturated heterocycles. The van der Waals surface area contributed by atoms with Crippen molar-refractivity contribution in [2.45, 2.75) is 13.3 Å². The Balaban J connectivity index is 3.10. The summed E-state index contributed by atoms with van der Waals surface area (Å²) in [5, 5.41) is 18.1. The van der Waals surface area contributed by atoms with E-state index in [1.807, 2.05) is 17.9 Å². The SMILES string of the molecule is CCN(CCC#N)c1ccc(Cl)cc1C(=O)O. The van der Waals surface area contributed by atoms with Gasteiger partial charge in [-0.05, 0) is 25.1 Å². The largest absolute Gasteiger partial charge is 0.478 e. The molecule has 1 N–H and O–H groups in total. The fourth-order valence-electron chi connectivity index (χ4n) is 1.59. The van der Waals surface area contributed by atoms with E-state index in [-0.39, 0.29) is 5.56 Å². The summed E-state index contributed by atoms with van der Waals surface area (Å²) in [4.78, 5) is 13.0. The highest BCUT2D eigenvalue weighted by Gasteiger charge is 2.15. The predicted molar refractivity (Wildman–Crippen MR) is 66.5 cm³/mol. The molecular formula is C12H13ClN2O2. The summed E-state index contributed by atoms with van der Waals surface area (Å²) < 4.78 is 0. The van der Waals surface area contributed by atoms with Crippen molar-refractivity contribution in [1.29, 1.82) is 5.26 Å². The lowest BCUT2D eigenvalue weighted by atomic mass is 10.1. The minimum atomic E-state index is -1.02. The Hall–Kier alpha value is -1.73. The number of aromatic carboxylic acids is 1. The second-order valence-corrected chi connectivity index (χ2v) is 3.89. The molecule has 0 saturated carbocycles. The molecule has 0 aromatic heterocycles. The van der Waals surface area contributed by atoms with Crippen LogP contribution in [0.5, 0.6) is 0 Å². The van der Waals surface area contributed by atoms with Crippen molar-refractivity contribution in [2.75, 3.05) is 18.0 Å². The van der Waals surface area contributed by atoms with Crippen LogP contribution in [0.1, 0.15) is 23.7 Å². The lowest BCUT2D eigenvalue weighted by Crippen LogP contribution is -2.25. The van der Waals surface area contributed by atoms with Crippen LogP contribution in [0.25, 0.3) is 0 Å². The van der Waals surface area contributed by atoms with Crippen molar-refractivity contribution in [3.8, 4) is 6.07 Å². The van der Waals surface area contributed by atoms with E-state index in [1.165, 1.54) is 6.07 Å². The quantitative estimate of drug-likeness (QED) is 0.875. The van der Waals surface area contributed by atoms with E-state index in [4.69, 9.17) is 22.0 Å². The first-order valence-electron chi connectivity index (χ1n) is 5.25. The van der Waals surface area contributed by atoms with E-state index in [2.05, 4.69) is 0 Å². The van der Waals surface area contributed by atoms with Gasteiger partial charge in [0.05, 0.1) is 23.7 Å². The number of nitriles is 1. The predicted octanol–water partition coefficient (Wildman–Crippen LogP) is 2.78. The van der Waals surface area contributed by atoms with Crippen LogP contribution < -0.4 is 4.90 Å². The summed E-state index contributed by atoms with van der Waals surface area (Å²) in [6, 6.07) is 6.80. The highest BCUT2D eigenvalue weighted by atomic mass is 35.5. The zero-order valence-corrected chi connectivity index (χ0v) is 10.2. The van der Waals surface area contributed by atoms with E-state index in [9.17, 15) is 4.79 Å². The number of carboxylic acids is 1. The molecule has 0 aliphatic carbocycles. The number of hydrogen-bond acceptors (Lipinski definition) is 3. The van der Waals surface area contributed by atoms with Crippen LogP contribution in [0.15, 0.2) is 18.2 Å². The minimum Gasteiger partial charge on any atom is -0.478 e. The first-order valence-corrected chi connectivity index (χ1v) is 5.62. The molecule has 0 bridgehead atoms. The second kappa shape index (κ2) is 6.12. The number of carbonyl (C=O) groups is 1. The maximum absolute atomic E-state index is 11.1. The highest BCUT2D eigenvalue weighted by molar-refractivity contribution is 6.31. The van der Waals surface area contributed by atoms with Crippen LogP contribution in [0.2, 0.25) is 5.02 Å². The number of anilines is 1. The Kier molecular flexibility index (Phi) is 4.80. The molecule has 0 aliphatic rings. The fraction of sp³-hybridized carbons (Fsp3) is 0.333. The van der Waals surface area contributed by atoms with Crippen molar-refractivity contribution in [1.82, 2.24) is 0 Å². The summed E-state index contributed by atoms with van der Waals surface area (Å²) in [7, 11) is 0. The molecular weight excluding hydrogens is 240 g/mol. The normalized spacial score (nSPS) is 9.71. The van der Waals surface area contributed by atoms with Gasteiger partial charge in [0.15, 0.2) is 0 Å². The van der Waals surface area contributed by atoms with Gasteiger partial charge in [-0.15, -0.1) is 0 Å². The summed E-state index contributed by atoms with van der Waals surface area (Å²) in [5.74, 6) is -1.02. The Morgan fingerprint density at radius 3 is 2.82 bits per heavy atom.